The summed E-state index contributed by atoms with van der Waals surface area (Å²) >= 11 is 0. The molecule has 0 atom stereocenters. The summed E-state index contributed by atoms with van der Waals surface area (Å²) in [6.07, 6.45) is 0. The molecule has 2 rings (SSSR count). The van der Waals surface area contributed by atoms with Gasteiger partial charge in [-0.2, -0.15) is 0 Å². The summed E-state index contributed by atoms with van der Waals surface area (Å²) in [5.41, 5.74) is 9.95. The van der Waals surface area contributed by atoms with Crippen molar-refractivity contribution >= 4 is 10.9 Å². The van der Waals surface area contributed by atoms with Gasteiger partial charge in [0.05, 0.1) is 0 Å². The molecule has 3 heteroatoms. The standard InChI is InChI=1S/C17H27N3/c1-5-20(12-17(3,4)11-18)10-15-13(2)19-16-9-7-6-8-14(15)16/h6-9,19H,5,10-12,18H2,1-4H3. The zero-order valence-electron chi connectivity index (χ0n) is 13.2. The van der Waals surface area contributed by atoms with Crippen molar-refractivity contribution in [2.24, 2.45) is 11.1 Å². The lowest BCUT2D eigenvalue weighted by Crippen LogP contribution is -2.38. The molecule has 3 N–H and O–H groups in total. The van der Waals surface area contributed by atoms with E-state index < -0.39 is 0 Å². The van der Waals surface area contributed by atoms with Gasteiger partial charge in [-0.25, -0.2) is 0 Å². The van der Waals surface area contributed by atoms with Gasteiger partial charge in [-0.1, -0.05) is 39.0 Å². The van der Waals surface area contributed by atoms with Crippen molar-refractivity contribution in [3.8, 4) is 0 Å². The van der Waals surface area contributed by atoms with Crippen LogP contribution in [0, 0.1) is 12.3 Å². The maximum absolute atomic E-state index is 5.87. The van der Waals surface area contributed by atoms with Crippen molar-refractivity contribution in [2.45, 2.75) is 34.2 Å². The fourth-order valence-corrected chi connectivity index (χ4v) is 2.71. The van der Waals surface area contributed by atoms with E-state index in [9.17, 15) is 0 Å². The first-order valence-electron chi connectivity index (χ1n) is 7.45. The number of nitrogens with zero attached hydrogens (tertiary/aromatic N) is 1. The van der Waals surface area contributed by atoms with Crippen molar-refractivity contribution in [3.05, 3.63) is 35.5 Å². The molecule has 0 bridgehead atoms. The Labute approximate surface area is 122 Å². The third-order valence-electron chi connectivity index (χ3n) is 4.06. The summed E-state index contributed by atoms with van der Waals surface area (Å²) in [6, 6.07) is 8.54. The van der Waals surface area contributed by atoms with Crippen LogP contribution in [0.4, 0.5) is 0 Å². The van der Waals surface area contributed by atoms with E-state index in [1.54, 1.807) is 0 Å². The molecule has 0 fully saturated rings. The zero-order valence-corrected chi connectivity index (χ0v) is 13.2. The molecule has 0 aliphatic rings. The summed E-state index contributed by atoms with van der Waals surface area (Å²) in [4.78, 5) is 5.96. The highest BCUT2D eigenvalue weighted by Gasteiger charge is 2.20. The van der Waals surface area contributed by atoms with Crippen LogP contribution in [0.15, 0.2) is 24.3 Å². The molecule has 2 aromatic rings. The lowest BCUT2D eigenvalue weighted by molar-refractivity contribution is 0.184. The van der Waals surface area contributed by atoms with Crippen LogP contribution in [0.2, 0.25) is 0 Å². The second-order valence-electron chi connectivity index (χ2n) is 6.45. The van der Waals surface area contributed by atoms with Crippen LogP contribution in [0.5, 0.6) is 0 Å². The fraction of sp³-hybridized carbons (Fsp3) is 0.529. The Hall–Kier alpha value is -1.32. The molecule has 0 radical (unpaired) electrons. The molecule has 110 valence electrons. The highest BCUT2D eigenvalue weighted by molar-refractivity contribution is 5.84. The first-order chi connectivity index (χ1) is 9.46. The molecule has 0 saturated heterocycles. The van der Waals surface area contributed by atoms with Crippen LogP contribution >= 0.6 is 0 Å². The van der Waals surface area contributed by atoms with E-state index in [0.29, 0.717) is 0 Å². The monoisotopic (exact) mass is 273 g/mol. The summed E-state index contributed by atoms with van der Waals surface area (Å²) in [5.74, 6) is 0. The molecule has 3 nitrogen and oxygen atoms in total. The second-order valence-corrected chi connectivity index (χ2v) is 6.45. The summed E-state index contributed by atoms with van der Waals surface area (Å²) in [7, 11) is 0. The van der Waals surface area contributed by atoms with Gasteiger partial charge in [-0.3, -0.25) is 4.90 Å². The van der Waals surface area contributed by atoms with Gasteiger partial charge in [0.1, 0.15) is 0 Å². The summed E-state index contributed by atoms with van der Waals surface area (Å²) < 4.78 is 0. The molecule has 1 aromatic carbocycles. The van der Waals surface area contributed by atoms with Gasteiger partial charge in [0, 0.05) is 29.7 Å². The predicted molar refractivity (Wildman–Crippen MR) is 86.8 cm³/mol. The molecule has 0 spiro atoms. The maximum Gasteiger partial charge on any atom is 0.0459 e. The minimum absolute atomic E-state index is 0.163. The van der Waals surface area contributed by atoms with Crippen LogP contribution in [-0.4, -0.2) is 29.5 Å². The fourth-order valence-electron chi connectivity index (χ4n) is 2.71. The van der Waals surface area contributed by atoms with Gasteiger partial charge in [0.2, 0.25) is 0 Å². The van der Waals surface area contributed by atoms with E-state index in [1.165, 1.54) is 22.2 Å². The third-order valence-corrected chi connectivity index (χ3v) is 4.06. The van der Waals surface area contributed by atoms with Crippen molar-refractivity contribution in [1.29, 1.82) is 0 Å². The molecule has 0 aliphatic heterocycles. The Bertz CT molecular complexity index is 569. The first-order valence-corrected chi connectivity index (χ1v) is 7.45. The summed E-state index contributed by atoms with van der Waals surface area (Å²) in [6.45, 7) is 12.6. The van der Waals surface area contributed by atoms with E-state index in [0.717, 1.165) is 26.2 Å². The second kappa shape index (κ2) is 5.98. The van der Waals surface area contributed by atoms with E-state index in [4.69, 9.17) is 5.73 Å². The quantitative estimate of drug-likeness (QED) is 0.848. The number of nitrogens with two attached hydrogens (primary N) is 1. The number of aromatic nitrogens is 1. The average Bonchev–Trinajstić information content (AvgIpc) is 2.74. The largest absolute Gasteiger partial charge is 0.358 e. The minimum atomic E-state index is 0.163. The van der Waals surface area contributed by atoms with Crippen LogP contribution in [0.25, 0.3) is 10.9 Å². The lowest BCUT2D eigenvalue weighted by Gasteiger charge is -2.31. The highest BCUT2D eigenvalue weighted by Crippen LogP contribution is 2.24. The number of aryl methyl sites for hydroxylation is 1. The van der Waals surface area contributed by atoms with Gasteiger partial charge in [0.15, 0.2) is 0 Å². The molecule has 0 unspecified atom stereocenters. The van der Waals surface area contributed by atoms with E-state index in [2.05, 4.69) is 61.8 Å². The Morgan fingerprint density at radius 3 is 2.60 bits per heavy atom. The smallest absolute Gasteiger partial charge is 0.0459 e. The number of benzene rings is 1. The molecular formula is C17H27N3. The molecule has 1 heterocycles. The van der Waals surface area contributed by atoms with Crippen molar-refractivity contribution in [1.82, 2.24) is 9.88 Å². The molecule has 1 aromatic heterocycles. The summed E-state index contributed by atoms with van der Waals surface area (Å²) in [5, 5.41) is 1.34. The van der Waals surface area contributed by atoms with E-state index >= 15 is 0 Å². The molecule has 0 aliphatic carbocycles. The normalized spacial score (nSPS) is 12.5. The SMILES string of the molecule is CCN(Cc1c(C)[nH]c2ccccc12)CC(C)(C)CN. The number of hydrogen-bond acceptors (Lipinski definition) is 2. The highest BCUT2D eigenvalue weighted by atomic mass is 15.1. The van der Waals surface area contributed by atoms with Crippen molar-refractivity contribution in [3.63, 3.8) is 0 Å². The maximum atomic E-state index is 5.87. The Morgan fingerprint density at radius 1 is 1.25 bits per heavy atom. The molecule has 20 heavy (non-hydrogen) atoms. The van der Waals surface area contributed by atoms with Crippen molar-refractivity contribution < 1.29 is 0 Å². The number of aromatic amines is 1. The van der Waals surface area contributed by atoms with Crippen LogP contribution in [0.1, 0.15) is 32.0 Å². The first kappa shape index (κ1) is 15.1. The molecule has 0 amide bonds. The van der Waals surface area contributed by atoms with Crippen LogP contribution < -0.4 is 5.73 Å². The zero-order chi connectivity index (χ0) is 14.8. The molecular weight excluding hydrogens is 246 g/mol. The van der Waals surface area contributed by atoms with Gasteiger partial charge >= 0.3 is 0 Å². The number of H-pyrrole nitrogens is 1. The predicted octanol–water partition coefficient (Wildman–Crippen LogP) is 3.28. The topological polar surface area (TPSA) is 45.0 Å². The average molecular weight is 273 g/mol. The van der Waals surface area contributed by atoms with Gasteiger partial charge in [-0.15, -0.1) is 0 Å². The van der Waals surface area contributed by atoms with E-state index in [1.807, 2.05) is 0 Å². The Balaban J connectivity index is 2.23. The lowest BCUT2D eigenvalue weighted by atomic mass is 9.93. The van der Waals surface area contributed by atoms with Gasteiger partial charge in [0.25, 0.3) is 0 Å². The van der Waals surface area contributed by atoms with Gasteiger partial charge in [-0.05, 0) is 37.1 Å². The van der Waals surface area contributed by atoms with Crippen LogP contribution in [-0.2, 0) is 6.54 Å². The van der Waals surface area contributed by atoms with Crippen molar-refractivity contribution in [2.75, 3.05) is 19.6 Å². The Kier molecular flexibility index (Phi) is 4.51. The number of para-hydroxylation sites is 1. The number of nitrogens with one attached hydrogen (secondary N) is 1. The number of hydrogen-bond donors (Lipinski definition) is 2. The third kappa shape index (κ3) is 3.22. The van der Waals surface area contributed by atoms with Gasteiger partial charge < -0.3 is 10.7 Å². The molecule has 0 saturated carbocycles. The minimum Gasteiger partial charge on any atom is -0.358 e. The van der Waals surface area contributed by atoms with Crippen LogP contribution in [0.3, 0.4) is 0 Å². The Morgan fingerprint density at radius 2 is 1.95 bits per heavy atom. The number of rotatable bonds is 6. The van der Waals surface area contributed by atoms with E-state index in [-0.39, 0.29) is 5.41 Å². The number of fused-ring (bicyclic) bond motifs is 1.